The number of hydrogen-bond donors (Lipinski definition) is 0. The van der Waals surface area contributed by atoms with E-state index >= 15 is 0 Å². The Morgan fingerprint density at radius 1 is 1.25 bits per heavy atom. The van der Waals surface area contributed by atoms with Gasteiger partial charge in [-0.1, -0.05) is 36.0 Å². The summed E-state index contributed by atoms with van der Waals surface area (Å²) in [5.41, 5.74) is 1.50. The normalized spacial score (nSPS) is 15.9. The summed E-state index contributed by atoms with van der Waals surface area (Å²) in [6, 6.07) is 7.33. The van der Waals surface area contributed by atoms with E-state index < -0.39 is 0 Å². The van der Waals surface area contributed by atoms with Crippen molar-refractivity contribution in [1.29, 1.82) is 0 Å². The quantitative estimate of drug-likeness (QED) is 0.586. The van der Waals surface area contributed by atoms with Crippen molar-refractivity contribution in [3.8, 4) is 0 Å². The lowest BCUT2D eigenvalue weighted by Gasteiger charge is -2.23. The average molecular weight is 346 g/mol. The summed E-state index contributed by atoms with van der Waals surface area (Å²) >= 11 is 1.30. The number of likely N-dealkylation sites (N-methyl/N-ethyl adjacent to an activating group) is 1. The van der Waals surface area contributed by atoms with Crippen LogP contribution in [-0.4, -0.2) is 52.8 Å². The summed E-state index contributed by atoms with van der Waals surface area (Å²) in [5.74, 6) is -0.127. The molecule has 1 aromatic rings. The minimum atomic E-state index is -0.148. The molecule has 6 heteroatoms. The van der Waals surface area contributed by atoms with Gasteiger partial charge in [0.25, 0.3) is 0 Å². The van der Waals surface area contributed by atoms with Crippen LogP contribution in [0.3, 0.4) is 0 Å². The monoisotopic (exact) mass is 346 g/mol. The second-order valence-corrected chi connectivity index (χ2v) is 6.49. The Morgan fingerprint density at radius 2 is 1.92 bits per heavy atom. The van der Waals surface area contributed by atoms with E-state index in [9.17, 15) is 14.4 Å². The first kappa shape index (κ1) is 18.3. The van der Waals surface area contributed by atoms with Crippen LogP contribution < -0.4 is 0 Å². The fourth-order valence-corrected chi connectivity index (χ4v) is 3.49. The Balaban J connectivity index is 2.19. The largest absolute Gasteiger partial charge is 0.342 e. The highest BCUT2D eigenvalue weighted by molar-refractivity contribution is 8.04. The zero-order valence-corrected chi connectivity index (χ0v) is 15.1. The topological polar surface area (TPSA) is 57.7 Å². The van der Waals surface area contributed by atoms with E-state index in [1.807, 2.05) is 39.0 Å². The van der Waals surface area contributed by atoms with Crippen LogP contribution in [-0.2, 0) is 9.59 Å². The number of amides is 2. The average Bonchev–Trinajstić information content (AvgIpc) is 2.89. The predicted octanol–water partition coefficient (Wildman–Crippen LogP) is 2.46. The molecule has 1 saturated heterocycles. The van der Waals surface area contributed by atoms with Gasteiger partial charge in [0.1, 0.15) is 6.54 Å². The lowest BCUT2D eigenvalue weighted by atomic mass is 10.1. The van der Waals surface area contributed by atoms with Crippen molar-refractivity contribution < 1.29 is 14.4 Å². The first-order valence-corrected chi connectivity index (χ1v) is 8.99. The van der Waals surface area contributed by atoms with Crippen LogP contribution in [0, 0.1) is 6.92 Å². The van der Waals surface area contributed by atoms with E-state index in [-0.39, 0.29) is 29.9 Å². The number of carbonyl (C=O) groups is 3. The molecule has 5 nitrogen and oxygen atoms in total. The highest BCUT2D eigenvalue weighted by Gasteiger charge is 2.30. The molecule has 0 atom stereocenters. The molecule has 0 N–H and O–H groups in total. The van der Waals surface area contributed by atoms with Crippen LogP contribution in [0.4, 0.5) is 0 Å². The molecule has 0 unspecified atom stereocenters. The van der Waals surface area contributed by atoms with E-state index in [4.69, 9.17) is 0 Å². The predicted molar refractivity (Wildman–Crippen MR) is 95.7 cm³/mol. The summed E-state index contributed by atoms with van der Waals surface area (Å²) < 4.78 is 0. The van der Waals surface area contributed by atoms with Gasteiger partial charge in [0, 0.05) is 24.7 Å². The fourth-order valence-electron chi connectivity index (χ4n) is 2.55. The van der Waals surface area contributed by atoms with Gasteiger partial charge in [-0.3, -0.25) is 19.3 Å². The second-order valence-electron chi connectivity index (χ2n) is 5.50. The molecule has 0 radical (unpaired) electrons. The molecule has 0 aromatic heterocycles. The molecule has 128 valence electrons. The minimum Gasteiger partial charge on any atom is -0.342 e. The van der Waals surface area contributed by atoms with Crippen LogP contribution in [0.15, 0.2) is 35.4 Å². The number of carbonyl (C=O) groups excluding carboxylic acids is 3. The smallest absolute Gasteiger partial charge is 0.242 e. The Bertz CT molecular complexity index is 681. The number of aryl methyl sites for hydroxylation is 1. The maximum absolute atomic E-state index is 12.5. The second kappa shape index (κ2) is 8.15. The van der Waals surface area contributed by atoms with Crippen LogP contribution >= 0.6 is 11.8 Å². The number of nitrogens with zero attached hydrogens (tertiary/aromatic N) is 2. The van der Waals surface area contributed by atoms with Gasteiger partial charge < -0.3 is 4.90 Å². The minimum absolute atomic E-state index is 0.0135. The molecule has 1 aliphatic rings. The zero-order valence-electron chi connectivity index (χ0n) is 14.2. The van der Waals surface area contributed by atoms with Crippen LogP contribution in [0.2, 0.25) is 0 Å². The van der Waals surface area contributed by atoms with E-state index in [2.05, 4.69) is 0 Å². The summed E-state index contributed by atoms with van der Waals surface area (Å²) in [6.07, 6.45) is 1.47. The molecule has 1 aromatic carbocycles. The lowest BCUT2D eigenvalue weighted by molar-refractivity contribution is -0.136. The molecule has 1 aliphatic heterocycles. The fraction of sp³-hybridized carbons (Fsp3) is 0.389. The van der Waals surface area contributed by atoms with Gasteiger partial charge >= 0.3 is 0 Å². The molecule has 1 heterocycles. The van der Waals surface area contributed by atoms with Crippen molar-refractivity contribution in [2.75, 3.05) is 25.4 Å². The Kier molecular flexibility index (Phi) is 6.20. The van der Waals surface area contributed by atoms with Crippen LogP contribution in [0.25, 0.3) is 0 Å². The first-order valence-electron chi connectivity index (χ1n) is 8.00. The number of rotatable bonds is 6. The SMILES string of the molecule is CCN(CC)C(=O)CN1C(=O)CS/C1=C\C(=O)c1ccccc1C. The van der Waals surface area contributed by atoms with E-state index in [0.29, 0.717) is 23.7 Å². The van der Waals surface area contributed by atoms with E-state index in [1.165, 1.54) is 22.7 Å². The third kappa shape index (κ3) is 4.06. The number of ketones is 1. The standard InChI is InChI=1S/C18H22N2O3S/c1-4-19(5-2)16(22)11-20-17(23)12-24-18(20)10-15(21)14-9-7-6-8-13(14)3/h6-10H,4-5,11-12H2,1-3H3/b18-10-. The highest BCUT2D eigenvalue weighted by atomic mass is 32.2. The van der Waals surface area contributed by atoms with Gasteiger partial charge in [0.15, 0.2) is 5.78 Å². The van der Waals surface area contributed by atoms with Gasteiger partial charge in [-0.05, 0) is 26.3 Å². The summed E-state index contributed by atoms with van der Waals surface area (Å²) in [5, 5.41) is 0.550. The Morgan fingerprint density at radius 3 is 2.54 bits per heavy atom. The van der Waals surface area contributed by atoms with Gasteiger partial charge in [-0.2, -0.15) is 0 Å². The maximum Gasteiger partial charge on any atom is 0.242 e. The number of thioether (sulfide) groups is 1. The molecule has 2 rings (SSSR count). The van der Waals surface area contributed by atoms with Crippen LogP contribution in [0.5, 0.6) is 0 Å². The van der Waals surface area contributed by atoms with Gasteiger partial charge in [0.05, 0.1) is 10.8 Å². The lowest BCUT2D eigenvalue weighted by Crippen LogP contribution is -2.40. The van der Waals surface area contributed by atoms with E-state index in [1.54, 1.807) is 11.0 Å². The Hall–Kier alpha value is -2.08. The number of allylic oxidation sites excluding steroid dienone is 1. The van der Waals surface area contributed by atoms with Gasteiger partial charge in [-0.25, -0.2) is 0 Å². The molecule has 24 heavy (non-hydrogen) atoms. The molecule has 2 amide bonds. The molecule has 0 saturated carbocycles. The summed E-state index contributed by atoms with van der Waals surface area (Å²) in [4.78, 5) is 39.9. The molecule has 0 bridgehead atoms. The van der Waals surface area contributed by atoms with Gasteiger partial charge in [0.2, 0.25) is 11.8 Å². The van der Waals surface area contributed by atoms with Crippen molar-refractivity contribution in [3.63, 3.8) is 0 Å². The molecule has 0 spiro atoms. The van der Waals surface area contributed by atoms with Crippen LogP contribution in [0.1, 0.15) is 29.8 Å². The van der Waals surface area contributed by atoms with E-state index in [0.717, 1.165) is 5.56 Å². The molecule has 0 aliphatic carbocycles. The molecular formula is C18H22N2O3S. The van der Waals surface area contributed by atoms with Crippen molar-refractivity contribution in [3.05, 3.63) is 46.5 Å². The third-order valence-electron chi connectivity index (χ3n) is 3.99. The molecule has 1 fully saturated rings. The third-order valence-corrected chi connectivity index (χ3v) is 5.01. The van der Waals surface area contributed by atoms with Crippen molar-refractivity contribution in [2.24, 2.45) is 0 Å². The summed E-state index contributed by atoms with van der Waals surface area (Å²) in [7, 11) is 0. The first-order chi connectivity index (χ1) is 11.5. The highest BCUT2D eigenvalue weighted by Crippen LogP contribution is 2.29. The summed E-state index contributed by atoms with van der Waals surface area (Å²) in [6.45, 7) is 6.87. The van der Waals surface area contributed by atoms with Crippen molar-refractivity contribution >= 4 is 29.4 Å². The van der Waals surface area contributed by atoms with Gasteiger partial charge in [-0.15, -0.1) is 0 Å². The molecular weight excluding hydrogens is 324 g/mol. The zero-order chi connectivity index (χ0) is 17.7. The Labute approximate surface area is 146 Å². The van der Waals surface area contributed by atoms with Crippen molar-refractivity contribution in [2.45, 2.75) is 20.8 Å². The maximum atomic E-state index is 12.5. The van der Waals surface area contributed by atoms with Crippen molar-refractivity contribution in [1.82, 2.24) is 9.80 Å². The number of hydrogen-bond acceptors (Lipinski definition) is 4. The number of benzene rings is 1.